The first-order valence-electron chi connectivity index (χ1n) is 5.26. The molecule has 1 saturated heterocycles. The molecule has 0 aromatic rings. The number of hydrogen-bond acceptors (Lipinski definition) is 2. The number of hydrogen-bond donors (Lipinski definition) is 2. The Morgan fingerprint density at radius 2 is 1.83 bits per heavy atom. The Labute approximate surface area is 76.1 Å². The van der Waals surface area contributed by atoms with E-state index in [2.05, 4.69) is 24.5 Å². The third kappa shape index (κ3) is 3.11. The molecular weight excluding hydrogens is 148 g/mol. The van der Waals surface area contributed by atoms with Crippen molar-refractivity contribution in [1.82, 2.24) is 10.6 Å². The molecule has 0 saturated carbocycles. The molecule has 1 aliphatic rings. The highest BCUT2D eigenvalue weighted by atomic mass is 14.9. The maximum atomic E-state index is 3.51. The van der Waals surface area contributed by atoms with E-state index in [0.29, 0.717) is 0 Å². The van der Waals surface area contributed by atoms with Crippen molar-refractivity contribution in [3.05, 3.63) is 0 Å². The summed E-state index contributed by atoms with van der Waals surface area (Å²) in [5.41, 5.74) is 0. The molecule has 0 aromatic heterocycles. The molecule has 2 nitrogen and oxygen atoms in total. The minimum Gasteiger partial charge on any atom is -0.316 e. The minimum atomic E-state index is 0.829. The van der Waals surface area contributed by atoms with E-state index in [1.54, 1.807) is 0 Å². The molecule has 0 bridgehead atoms. The molecule has 0 amide bonds. The first-order chi connectivity index (χ1) is 5.84. The highest BCUT2D eigenvalue weighted by Crippen LogP contribution is 2.14. The van der Waals surface area contributed by atoms with Crippen molar-refractivity contribution >= 4 is 0 Å². The maximum absolute atomic E-state index is 3.51. The van der Waals surface area contributed by atoms with Gasteiger partial charge in [0.05, 0.1) is 0 Å². The SMILES string of the molecule is CCC(C)C1CNCCCNC1. The van der Waals surface area contributed by atoms with Gasteiger partial charge in [-0.2, -0.15) is 0 Å². The van der Waals surface area contributed by atoms with Gasteiger partial charge in [0.25, 0.3) is 0 Å². The first kappa shape index (κ1) is 10.0. The lowest BCUT2D eigenvalue weighted by Gasteiger charge is -2.26. The summed E-state index contributed by atoms with van der Waals surface area (Å²) in [5.74, 6) is 1.68. The predicted molar refractivity (Wildman–Crippen MR) is 53.3 cm³/mol. The molecular formula is C10H22N2. The monoisotopic (exact) mass is 170 g/mol. The Morgan fingerprint density at radius 3 is 2.33 bits per heavy atom. The van der Waals surface area contributed by atoms with Crippen LogP contribution in [0.1, 0.15) is 26.7 Å². The van der Waals surface area contributed by atoms with Crippen molar-refractivity contribution in [2.24, 2.45) is 11.8 Å². The second kappa shape index (κ2) is 5.55. The number of nitrogens with one attached hydrogen (secondary N) is 2. The zero-order valence-electron chi connectivity index (χ0n) is 8.40. The molecule has 12 heavy (non-hydrogen) atoms. The van der Waals surface area contributed by atoms with Crippen molar-refractivity contribution < 1.29 is 0 Å². The van der Waals surface area contributed by atoms with Crippen LogP contribution in [0.25, 0.3) is 0 Å². The molecule has 1 atom stereocenters. The Balaban J connectivity index is 2.29. The Bertz CT molecular complexity index is 106. The maximum Gasteiger partial charge on any atom is -0.000582 e. The standard InChI is InChI=1S/C10H22N2/c1-3-9(2)10-7-11-5-4-6-12-8-10/h9-12H,3-8H2,1-2H3. The molecule has 0 aliphatic carbocycles. The van der Waals surface area contributed by atoms with Crippen LogP contribution in [-0.2, 0) is 0 Å². The van der Waals surface area contributed by atoms with E-state index in [1.807, 2.05) is 0 Å². The summed E-state index contributed by atoms with van der Waals surface area (Å²) < 4.78 is 0. The number of rotatable bonds is 2. The Hall–Kier alpha value is -0.0800. The molecule has 1 aliphatic heterocycles. The van der Waals surface area contributed by atoms with Gasteiger partial charge >= 0.3 is 0 Å². The molecule has 1 unspecified atom stereocenters. The van der Waals surface area contributed by atoms with Crippen molar-refractivity contribution in [1.29, 1.82) is 0 Å². The summed E-state index contributed by atoms with van der Waals surface area (Å²) >= 11 is 0. The summed E-state index contributed by atoms with van der Waals surface area (Å²) in [7, 11) is 0. The van der Waals surface area contributed by atoms with E-state index < -0.39 is 0 Å². The van der Waals surface area contributed by atoms with Gasteiger partial charge in [-0.1, -0.05) is 20.3 Å². The first-order valence-corrected chi connectivity index (χ1v) is 5.26. The van der Waals surface area contributed by atoms with Crippen molar-refractivity contribution in [3.63, 3.8) is 0 Å². The van der Waals surface area contributed by atoms with Crippen LogP contribution in [0, 0.1) is 11.8 Å². The van der Waals surface area contributed by atoms with Crippen LogP contribution in [0.3, 0.4) is 0 Å². The quantitative estimate of drug-likeness (QED) is 0.651. The third-order valence-corrected chi connectivity index (χ3v) is 2.97. The molecule has 0 aromatic carbocycles. The lowest BCUT2D eigenvalue weighted by Crippen LogP contribution is -2.39. The van der Waals surface area contributed by atoms with Gasteiger partial charge in [-0.3, -0.25) is 0 Å². The van der Waals surface area contributed by atoms with E-state index in [9.17, 15) is 0 Å². The Morgan fingerprint density at radius 1 is 1.25 bits per heavy atom. The average Bonchev–Trinajstić information content (AvgIpc) is 2.02. The molecule has 2 N–H and O–H groups in total. The molecule has 72 valence electrons. The lowest BCUT2D eigenvalue weighted by atomic mass is 9.91. The topological polar surface area (TPSA) is 24.1 Å². The molecule has 2 heteroatoms. The highest BCUT2D eigenvalue weighted by molar-refractivity contribution is 4.72. The van der Waals surface area contributed by atoms with E-state index in [1.165, 1.54) is 39.0 Å². The fraction of sp³-hybridized carbons (Fsp3) is 1.00. The second-order valence-corrected chi connectivity index (χ2v) is 3.91. The normalized spacial score (nSPS) is 24.5. The van der Waals surface area contributed by atoms with Gasteiger partial charge in [0.15, 0.2) is 0 Å². The van der Waals surface area contributed by atoms with Gasteiger partial charge in [-0.25, -0.2) is 0 Å². The average molecular weight is 170 g/mol. The summed E-state index contributed by atoms with van der Waals surface area (Å²) in [5, 5.41) is 7.03. The smallest absolute Gasteiger partial charge is 0.000582 e. The van der Waals surface area contributed by atoms with Gasteiger partial charge in [-0.15, -0.1) is 0 Å². The zero-order valence-corrected chi connectivity index (χ0v) is 8.40. The van der Waals surface area contributed by atoms with Crippen LogP contribution < -0.4 is 10.6 Å². The van der Waals surface area contributed by atoms with Crippen LogP contribution in [0.15, 0.2) is 0 Å². The van der Waals surface area contributed by atoms with Gasteiger partial charge in [0.1, 0.15) is 0 Å². The van der Waals surface area contributed by atoms with Crippen LogP contribution in [0.4, 0.5) is 0 Å². The van der Waals surface area contributed by atoms with E-state index >= 15 is 0 Å². The fourth-order valence-electron chi connectivity index (χ4n) is 1.72. The summed E-state index contributed by atoms with van der Waals surface area (Å²) in [6.45, 7) is 9.39. The largest absolute Gasteiger partial charge is 0.316 e. The third-order valence-electron chi connectivity index (χ3n) is 2.97. The van der Waals surface area contributed by atoms with E-state index in [0.717, 1.165) is 11.8 Å². The van der Waals surface area contributed by atoms with E-state index in [4.69, 9.17) is 0 Å². The van der Waals surface area contributed by atoms with Crippen LogP contribution >= 0.6 is 0 Å². The van der Waals surface area contributed by atoms with Crippen LogP contribution in [0.2, 0.25) is 0 Å². The minimum absolute atomic E-state index is 0.829. The van der Waals surface area contributed by atoms with Gasteiger partial charge in [-0.05, 0) is 44.4 Å². The van der Waals surface area contributed by atoms with Crippen molar-refractivity contribution in [2.45, 2.75) is 26.7 Å². The van der Waals surface area contributed by atoms with Crippen molar-refractivity contribution in [3.8, 4) is 0 Å². The second-order valence-electron chi connectivity index (χ2n) is 3.91. The van der Waals surface area contributed by atoms with E-state index in [-0.39, 0.29) is 0 Å². The molecule has 1 heterocycles. The fourth-order valence-corrected chi connectivity index (χ4v) is 1.72. The summed E-state index contributed by atoms with van der Waals surface area (Å²) in [6, 6.07) is 0. The molecule has 0 radical (unpaired) electrons. The molecule has 0 spiro atoms. The highest BCUT2D eigenvalue weighted by Gasteiger charge is 2.15. The van der Waals surface area contributed by atoms with Gasteiger partial charge in [0.2, 0.25) is 0 Å². The summed E-state index contributed by atoms with van der Waals surface area (Å²) in [6.07, 6.45) is 2.57. The molecule has 1 rings (SSSR count). The molecule has 1 fully saturated rings. The van der Waals surface area contributed by atoms with Crippen LogP contribution in [0.5, 0.6) is 0 Å². The zero-order chi connectivity index (χ0) is 8.81. The summed E-state index contributed by atoms with van der Waals surface area (Å²) in [4.78, 5) is 0. The van der Waals surface area contributed by atoms with Crippen LogP contribution in [-0.4, -0.2) is 26.2 Å². The predicted octanol–water partition coefficient (Wildman–Crippen LogP) is 1.23. The van der Waals surface area contributed by atoms with Crippen molar-refractivity contribution in [2.75, 3.05) is 26.2 Å². The Kier molecular flexibility index (Phi) is 4.62. The van der Waals surface area contributed by atoms with Gasteiger partial charge in [0, 0.05) is 0 Å². The van der Waals surface area contributed by atoms with Gasteiger partial charge < -0.3 is 10.6 Å². The lowest BCUT2D eigenvalue weighted by molar-refractivity contribution is 0.303.